The number of nitrogens with one attached hydrogen (secondary N) is 2. The molecule has 0 aromatic rings. The summed E-state index contributed by atoms with van der Waals surface area (Å²) in [5.41, 5.74) is 0. The number of dihydropyridines is 1. The molecule has 0 radical (unpaired) electrons. The van der Waals surface area contributed by atoms with Gasteiger partial charge in [-0.15, -0.1) is 0 Å². The first-order valence-electron chi connectivity index (χ1n) is 3.37. The zero-order chi connectivity index (χ0) is 7.23. The molecule has 0 spiro atoms. The van der Waals surface area contributed by atoms with Crippen molar-refractivity contribution in [3.8, 4) is 0 Å². The summed E-state index contributed by atoms with van der Waals surface area (Å²) >= 11 is 0. The normalized spacial score (nSPS) is 22.7. The molecule has 0 saturated carbocycles. The average molecular weight is 140 g/mol. The largest absolute Gasteiger partial charge is 0.395 e. The van der Waals surface area contributed by atoms with Gasteiger partial charge in [-0.05, 0) is 18.4 Å². The van der Waals surface area contributed by atoms with Crippen molar-refractivity contribution in [1.29, 1.82) is 0 Å². The van der Waals surface area contributed by atoms with Crippen LogP contribution in [-0.4, -0.2) is 24.4 Å². The summed E-state index contributed by atoms with van der Waals surface area (Å²) in [4.78, 5) is 0. The van der Waals surface area contributed by atoms with E-state index in [1.165, 1.54) is 0 Å². The summed E-state index contributed by atoms with van der Waals surface area (Å²) < 4.78 is 0. The highest BCUT2D eigenvalue weighted by Crippen LogP contribution is 1.89. The minimum atomic E-state index is 0.176. The van der Waals surface area contributed by atoms with E-state index in [0.717, 1.165) is 0 Å². The van der Waals surface area contributed by atoms with Crippen LogP contribution in [0.1, 0.15) is 0 Å². The molecule has 1 aliphatic rings. The van der Waals surface area contributed by atoms with Gasteiger partial charge in [0.15, 0.2) is 0 Å². The maximum atomic E-state index is 8.46. The first-order valence-corrected chi connectivity index (χ1v) is 3.37. The van der Waals surface area contributed by atoms with E-state index < -0.39 is 0 Å². The highest BCUT2D eigenvalue weighted by atomic mass is 16.3. The van der Waals surface area contributed by atoms with Crippen molar-refractivity contribution in [2.75, 3.05) is 13.2 Å². The molecule has 1 atom stereocenters. The number of hydrogen-bond acceptors (Lipinski definition) is 3. The Morgan fingerprint density at radius 1 is 1.50 bits per heavy atom. The third-order valence-electron chi connectivity index (χ3n) is 1.26. The van der Waals surface area contributed by atoms with Crippen LogP contribution in [-0.2, 0) is 0 Å². The van der Waals surface area contributed by atoms with E-state index in [1.54, 1.807) is 0 Å². The molecule has 0 aliphatic carbocycles. The summed E-state index contributed by atoms with van der Waals surface area (Å²) in [6.07, 6.45) is 7.94. The molecule has 0 bridgehead atoms. The lowest BCUT2D eigenvalue weighted by molar-refractivity contribution is 0.286. The van der Waals surface area contributed by atoms with E-state index in [0.29, 0.717) is 6.54 Å². The monoisotopic (exact) mass is 140 g/mol. The smallest absolute Gasteiger partial charge is 0.0960 e. The molecule has 0 aromatic heterocycles. The molecule has 56 valence electrons. The number of aliphatic hydroxyl groups is 1. The number of hydrogen-bond donors (Lipinski definition) is 3. The lowest BCUT2D eigenvalue weighted by Crippen LogP contribution is -2.40. The number of aliphatic hydroxyl groups excluding tert-OH is 1. The van der Waals surface area contributed by atoms with E-state index >= 15 is 0 Å². The van der Waals surface area contributed by atoms with Gasteiger partial charge in [-0.1, -0.05) is 6.08 Å². The van der Waals surface area contributed by atoms with Gasteiger partial charge in [0.1, 0.15) is 0 Å². The molecule has 3 N–H and O–H groups in total. The van der Waals surface area contributed by atoms with Gasteiger partial charge in [-0.3, -0.25) is 5.32 Å². The van der Waals surface area contributed by atoms with Crippen LogP contribution in [0.5, 0.6) is 0 Å². The first kappa shape index (κ1) is 7.31. The minimum Gasteiger partial charge on any atom is -0.395 e. The second-order valence-corrected chi connectivity index (χ2v) is 2.07. The maximum absolute atomic E-state index is 8.46. The van der Waals surface area contributed by atoms with Crippen molar-refractivity contribution in [2.24, 2.45) is 0 Å². The Kier molecular flexibility index (Phi) is 2.99. The molecular formula is C7H12N2O. The minimum absolute atomic E-state index is 0.176. The zero-order valence-corrected chi connectivity index (χ0v) is 5.75. The Labute approximate surface area is 60.4 Å². The van der Waals surface area contributed by atoms with Crippen LogP contribution in [0.15, 0.2) is 24.4 Å². The van der Waals surface area contributed by atoms with Gasteiger partial charge >= 0.3 is 0 Å². The van der Waals surface area contributed by atoms with E-state index in [4.69, 9.17) is 5.11 Å². The summed E-state index contributed by atoms with van der Waals surface area (Å²) in [5.74, 6) is 0. The van der Waals surface area contributed by atoms with Crippen molar-refractivity contribution < 1.29 is 5.11 Å². The molecule has 0 amide bonds. The molecule has 1 rings (SSSR count). The number of rotatable bonds is 3. The van der Waals surface area contributed by atoms with Crippen molar-refractivity contribution in [1.82, 2.24) is 10.6 Å². The molecule has 1 heterocycles. The van der Waals surface area contributed by atoms with E-state index in [-0.39, 0.29) is 12.8 Å². The molecule has 3 heteroatoms. The fourth-order valence-electron chi connectivity index (χ4n) is 0.793. The molecule has 0 aromatic carbocycles. The topological polar surface area (TPSA) is 44.3 Å². The van der Waals surface area contributed by atoms with Gasteiger partial charge < -0.3 is 10.4 Å². The third-order valence-corrected chi connectivity index (χ3v) is 1.26. The van der Waals surface area contributed by atoms with Crippen LogP contribution < -0.4 is 10.6 Å². The first-order chi connectivity index (χ1) is 4.93. The van der Waals surface area contributed by atoms with Crippen LogP contribution in [0.2, 0.25) is 0 Å². The standard InChI is InChI=1S/C7H12N2O/c10-6-5-9-7-3-1-2-4-8-7/h1-4,7-10H,5-6H2. The summed E-state index contributed by atoms with van der Waals surface area (Å²) in [5, 5.41) is 14.6. The third kappa shape index (κ3) is 2.21. The van der Waals surface area contributed by atoms with Crippen molar-refractivity contribution in [3.63, 3.8) is 0 Å². The van der Waals surface area contributed by atoms with E-state index in [2.05, 4.69) is 10.6 Å². The predicted octanol–water partition coefficient (Wildman–Crippen LogP) is -0.433. The fourth-order valence-corrected chi connectivity index (χ4v) is 0.793. The quantitative estimate of drug-likeness (QED) is 0.498. The second kappa shape index (κ2) is 4.09. The highest BCUT2D eigenvalue weighted by molar-refractivity contribution is 5.11. The molecule has 0 saturated heterocycles. The van der Waals surface area contributed by atoms with E-state index in [9.17, 15) is 0 Å². The Hall–Kier alpha value is -0.800. The summed E-state index contributed by atoms with van der Waals surface area (Å²) in [7, 11) is 0. The van der Waals surface area contributed by atoms with Crippen LogP contribution in [0.3, 0.4) is 0 Å². The molecule has 3 nitrogen and oxygen atoms in total. The van der Waals surface area contributed by atoms with Crippen molar-refractivity contribution in [3.05, 3.63) is 24.4 Å². The number of allylic oxidation sites excluding steroid dienone is 2. The lowest BCUT2D eigenvalue weighted by atomic mass is 10.3. The Morgan fingerprint density at radius 3 is 3.00 bits per heavy atom. The maximum Gasteiger partial charge on any atom is 0.0960 e. The van der Waals surface area contributed by atoms with Gasteiger partial charge in [0.2, 0.25) is 0 Å². The molecule has 1 aliphatic heterocycles. The molecule has 0 fully saturated rings. The van der Waals surface area contributed by atoms with Crippen LogP contribution in [0.25, 0.3) is 0 Å². The Morgan fingerprint density at radius 2 is 2.40 bits per heavy atom. The van der Waals surface area contributed by atoms with Crippen LogP contribution in [0.4, 0.5) is 0 Å². The van der Waals surface area contributed by atoms with Crippen LogP contribution in [0, 0.1) is 0 Å². The van der Waals surface area contributed by atoms with Crippen molar-refractivity contribution in [2.45, 2.75) is 6.17 Å². The van der Waals surface area contributed by atoms with Gasteiger partial charge in [0.25, 0.3) is 0 Å². The van der Waals surface area contributed by atoms with Crippen LogP contribution >= 0.6 is 0 Å². The van der Waals surface area contributed by atoms with Gasteiger partial charge in [-0.2, -0.15) is 0 Å². The highest BCUT2D eigenvalue weighted by Gasteiger charge is 1.99. The SMILES string of the molecule is OCCNC1C=CC=CN1. The lowest BCUT2D eigenvalue weighted by Gasteiger charge is -2.16. The van der Waals surface area contributed by atoms with Crippen molar-refractivity contribution >= 4 is 0 Å². The average Bonchev–Trinajstić information content (AvgIpc) is 2.03. The summed E-state index contributed by atoms with van der Waals surface area (Å²) in [6.45, 7) is 0.797. The molecular weight excluding hydrogens is 128 g/mol. The molecule has 10 heavy (non-hydrogen) atoms. The fraction of sp³-hybridized carbons (Fsp3) is 0.429. The zero-order valence-electron chi connectivity index (χ0n) is 5.75. The summed E-state index contributed by atoms with van der Waals surface area (Å²) in [6, 6.07) is 0. The predicted molar refractivity (Wildman–Crippen MR) is 40.3 cm³/mol. The Balaban J connectivity index is 2.17. The Bertz CT molecular complexity index is 143. The second-order valence-electron chi connectivity index (χ2n) is 2.07. The van der Waals surface area contributed by atoms with Gasteiger partial charge in [0, 0.05) is 6.54 Å². The van der Waals surface area contributed by atoms with Gasteiger partial charge in [0.05, 0.1) is 12.8 Å². The van der Waals surface area contributed by atoms with Gasteiger partial charge in [-0.25, -0.2) is 0 Å². The van der Waals surface area contributed by atoms with E-state index in [1.807, 2.05) is 24.4 Å². The molecule has 1 unspecified atom stereocenters.